The largest absolute Gasteiger partial charge is 0.468 e. The van der Waals surface area contributed by atoms with Crippen LogP contribution in [0.25, 0.3) is 0 Å². The van der Waals surface area contributed by atoms with E-state index in [1.807, 2.05) is 0 Å². The van der Waals surface area contributed by atoms with Gasteiger partial charge in [-0.3, -0.25) is 9.59 Å². The van der Waals surface area contributed by atoms with Crippen LogP contribution in [-0.4, -0.2) is 42.5 Å². The van der Waals surface area contributed by atoms with Crippen molar-refractivity contribution in [3.05, 3.63) is 29.8 Å². The van der Waals surface area contributed by atoms with Gasteiger partial charge in [0, 0.05) is 13.2 Å². The molecule has 16 heavy (non-hydrogen) atoms. The van der Waals surface area contributed by atoms with E-state index in [4.69, 9.17) is 0 Å². The first kappa shape index (κ1) is 12.1. The minimum Gasteiger partial charge on any atom is -0.468 e. The van der Waals surface area contributed by atoms with Gasteiger partial charge >= 0.3 is 5.97 Å². The summed E-state index contributed by atoms with van der Waals surface area (Å²) in [4.78, 5) is 27.1. The molecule has 1 aromatic rings. The van der Waals surface area contributed by atoms with E-state index in [0.717, 1.165) is 12.3 Å². The number of aromatic nitrogens is 1. The third-order valence-electron chi connectivity index (χ3n) is 1.91. The molecule has 0 atom stereocenters. The molecule has 0 spiro atoms. The Morgan fingerprint density at radius 3 is 2.69 bits per heavy atom. The molecule has 6 heteroatoms. The van der Waals surface area contributed by atoms with Crippen LogP contribution in [0.5, 0.6) is 0 Å². The van der Waals surface area contributed by atoms with Crippen molar-refractivity contribution in [1.82, 2.24) is 9.88 Å². The Labute approximate surface area is 91.8 Å². The quantitative estimate of drug-likeness (QED) is 0.555. The maximum absolute atomic E-state index is 12.5. The smallest absolute Gasteiger partial charge is 0.325 e. The number of methoxy groups -OCH3 is 1. The number of rotatable bonds is 3. The molecular formula is C10H11FN2O3. The molecule has 1 amide bonds. The van der Waals surface area contributed by atoms with Crippen LogP contribution in [0.1, 0.15) is 10.4 Å². The van der Waals surface area contributed by atoms with Crippen LogP contribution >= 0.6 is 0 Å². The van der Waals surface area contributed by atoms with Crippen molar-refractivity contribution in [1.29, 1.82) is 0 Å². The number of likely N-dealkylation sites (N-methyl/N-ethyl adjacent to an activating group) is 1. The standard InChI is InChI=1S/C10H11FN2O3/c1-13(6-9(14)16-2)10(15)7-3-4-8(11)12-5-7/h3-5H,6H2,1-2H3. The van der Waals surface area contributed by atoms with E-state index in [9.17, 15) is 14.0 Å². The highest BCUT2D eigenvalue weighted by Gasteiger charge is 2.15. The van der Waals surface area contributed by atoms with Gasteiger partial charge in [0.15, 0.2) is 0 Å². The number of hydrogen-bond donors (Lipinski definition) is 0. The Bertz CT molecular complexity index is 392. The molecule has 0 saturated carbocycles. The summed E-state index contributed by atoms with van der Waals surface area (Å²) >= 11 is 0. The third kappa shape index (κ3) is 3.01. The lowest BCUT2D eigenvalue weighted by Gasteiger charge is -2.15. The number of hydrogen-bond acceptors (Lipinski definition) is 4. The van der Waals surface area contributed by atoms with Crippen LogP contribution in [0.3, 0.4) is 0 Å². The topological polar surface area (TPSA) is 59.5 Å². The van der Waals surface area contributed by atoms with Crippen molar-refractivity contribution >= 4 is 11.9 Å². The van der Waals surface area contributed by atoms with E-state index in [2.05, 4.69) is 9.72 Å². The van der Waals surface area contributed by atoms with Crippen molar-refractivity contribution in [3.63, 3.8) is 0 Å². The number of pyridine rings is 1. The van der Waals surface area contributed by atoms with Crippen molar-refractivity contribution in [2.45, 2.75) is 0 Å². The number of ether oxygens (including phenoxy) is 1. The van der Waals surface area contributed by atoms with Crippen molar-refractivity contribution < 1.29 is 18.7 Å². The molecule has 0 aliphatic rings. The average molecular weight is 226 g/mol. The van der Waals surface area contributed by atoms with Crippen molar-refractivity contribution in [3.8, 4) is 0 Å². The van der Waals surface area contributed by atoms with Gasteiger partial charge in [0.1, 0.15) is 6.54 Å². The van der Waals surface area contributed by atoms with E-state index in [0.29, 0.717) is 0 Å². The highest BCUT2D eigenvalue weighted by molar-refractivity contribution is 5.95. The lowest BCUT2D eigenvalue weighted by Crippen LogP contribution is -2.32. The monoisotopic (exact) mass is 226 g/mol. The molecule has 1 rings (SSSR count). The Morgan fingerprint density at radius 2 is 2.19 bits per heavy atom. The molecule has 0 bridgehead atoms. The lowest BCUT2D eigenvalue weighted by atomic mass is 10.2. The summed E-state index contributed by atoms with van der Waals surface area (Å²) in [6.45, 7) is -0.160. The summed E-state index contributed by atoms with van der Waals surface area (Å²) in [5, 5.41) is 0. The van der Waals surface area contributed by atoms with Crippen molar-refractivity contribution in [2.75, 3.05) is 20.7 Å². The number of amides is 1. The lowest BCUT2D eigenvalue weighted by molar-refractivity contribution is -0.141. The molecule has 0 saturated heterocycles. The first-order valence-electron chi connectivity index (χ1n) is 4.48. The normalized spacial score (nSPS) is 9.69. The first-order chi connectivity index (χ1) is 7.54. The zero-order chi connectivity index (χ0) is 12.1. The Balaban J connectivity index is 2.70. The van der Waals surface area contributed by atoms with Gasteiger partial charge in [0.25, 0.3) is 5.91 Å². The van der Waals surface area contributed by atoms with Crippen LogP contribution < -0.4 is 0 Å². The molecule has 0 aliphatic heterocycles. The maximum Gasteiger partial charge on any atom is 0.325 e. The van der Waals surface area contributed by atoms with Crippen LogP contribution in [0.2, 0.25) is 0 Å². The molecule has 0 radical (unpaired) electrons. The van der Waals surface area contributed by atoms with Gasteiger partial charge in [-0.15, -0.1) is 0 Å². The van der Waals surface area contributed by atoms with E-state index < -0.39 is 17.8 Å². The zero-order valence-electron chi connectivity index (χ0n) is 8.94. The number of nitrogens with zero attached hydrogens (tertiary/aromatic N) is 2. The summed E-state index contributed by atoms with van der Waals surface area (Å²) in [5.74, 6) is -1.60. The average Bonchev–Trinajstić information content (AvgIpc) is 2.28. The molecule has 0 fully saturated rings. The predicted octanol–water partition coefficient (Wildman–Crippen LogP) is 0.466. The number of esters is 1. The second kappa shape index (κ2) is 5.20. The summed E-state index contributed by atoms with van der Waals surface area (Å²) in [5.41, 5.74) is 0.216. The van der Waals surface area contributed by atoms with Gasteiger partial charge in [0.2, 0.25) is 5.95 Å². The fraction of sp³-hybridized carbons (Fsp3) is 0.300. The highest BCUT2D eigenvalue weighted by Crippen LogP contribution is 2.03. The Kier molecular flexibility index (Phi) is 3.93. The minimum atomic E-state index is -0.660. The van der Waals surface area contributed by atoms with Crippen LogP contribution in [-0.2, 0) is 9.53 Å². The van der Waals surface area contributed by atoms with Crippen LogP contribution in [0.4, 0.5) is 4.39 Å². The zero-order valence-corrected chi connectivity index (χ0v) is 8.94. The molecule has 5 nitrogen and oxygen atoms in total. The van der Waals surface area contributed by atoms with Gasteiger partial charge < -0.3 is 9.64 Å². The number of carbonyl (C=O) groups excluding carboxylic acids is 2. The van der Waals surface area contributed by atoms with Gasteiger partial charge in [-0.1, -0.05) is 0 Å². The first-order valence-corrected chi connectivity index (χ1v) is 4.48. The Morgan fingerprint density at radius 1 is 1.50 bits per heavy atom. The summed E-state index contributed by atoms with van der Waals surface area (Å²) in [6.07, 6.45) is 1.12. The van der Waals surface area contributed by atoms with Gasteiger partial charge in [-0.25, -0.2) is 4.98 Å². The molecule has 0 aliphatic carbocycles. The molecule has 1 heterocycles. The molecule has 0 aromatic carbocycles. The van der Waals surface area contributed by atoms with E-state index in [1.165, 1.54) is 25.1 Å². The fourth-order valence-electron chi connectivity index (χ4n) is 1.05. The van der Waals surface area contributed by atoms with Gasteiger partial charge in [0.05, 0.1) is 12.7 Å². The van der Waals surface area contributed by atoms with Gasteiger partial charge in [-0.2, -0.15) is 4.39 Å². The molecule has 0 unspecified atom stereocenters. The molecule has 0 N–H and O–H groups in total. The summed E-state index contributed by atoms with van der Waals surface area (Å²) < 4.78 is 16.9. The summed E-state index contributed by atoms with van der Waals surface area (Å²) in [6, 6.07) is 2.39. The fourth-order valence-corrected chi connectivity index (χ4v) is 1.05. The van der Waals surface area contributed by atoms with Crippen LogP contribution in [0.15, 0.2) is 18.3 Å². The maximum atomic E-state index is 12.5. The minimum absolute atomic E-state index is 0.160. The molecule has 1 aromatic heterocycles. The van der Waals surface area contributed by atoms with Gasteiger partial charge in [-0.05, 0) is 12.1 Å². The van der Waals surface area contributed by atoms with Crippen molar-refractivity contribution in [2.24, 2.45) is 0 Å². The van der Waals surface area contributed by atoms with E-state index in [-0.39, 0.29) is 12.1 Å². The predicted molar refractivity (Wildman–Crippen MR) is 53.2 cm³/mol. The second-order valence-corrected chi connectivity index (χ2v) is 3.11. The molecular weight excluding hydrogens is 215 g/mol. The summed E-state index contributed by atoms with van der Waals surface area (Å²) in [7, 11) is 2.68. The SMILES string of the molecule is COC(=O)CN(C)C(=O)c1ccc(F)nc1. The van der Waals surface area contributed by atoms with E-state index >= 15 is 0 Å². The Hall–Kier alpha value is -1.98. The number of halogens is 1. The van der Waals surface area contributed by atoms with E-state index in [1.54, 1.807) is 0 Å². The molecule has 86 valence electrons. The number of carbonyl (C=O) groups is 2. The van der Waals surface area contributed by atoms with Crippen LogP contribution in [0, 0.1) is 5.95 Å². The highest BCUT2D eigenvalue weighted by atomic mass is 19.1. The second-order valence-electron chi connectivity index (χ2n) is 3.11. The third-order valence-corrected chi connectivity index (χ3v) is 1.91.